The first kappa shape index (κ1) is 13.1. The summed E-state index contributed by atoms with van der Waals surface area (Å²) in [6.07, 6.45) is 6.16. The summed E-state index contributed by atoms with van der Waals surface area (Å²) in [6, 6.07) is 3.94. The van der Waals surface area contributed by atoms with Crippen LogP contribution in [0.25, 0.3) is 11.0 Å². The second kappa shape index (κ2) is 5.11. The molecule has 0 spiro atoms. The third kappa shape index (κ3) is 2.91. The molecule has 2 aromatic rings. The van der Waals surface area contributed by atoms with Gasteiger partial charge in [0.1, 0.15) is 5.65 Å². The highest BCUT2D eigenvalue weighted by Crippen LogP contribution is 2.23. The first-order valence-electron chi connectivity index (χ1n) is 6.55. The van der Waals surface area contributed by atoms with E-state index in [2.05, 4.69) is 30.3 Å². The molecule has 0 aliphatic heterocycles. The minimum atomic E-state index is 0.0778. The van der Waals surface area contributed by atoms with Crippen molar-refractivity contribution in [2.24, 2.45) is 5.41 Å². The Morgan fingerprint density at radius 2 is 2.11 bits per heavy atom. The van der Waals surface area contributed by atoms with Crippen molar-refractivity contribution < 1.29 is 5.11 Å². The van der Waals surface area contributed by atoms with Crippen molar-refractivity contribution in [3.8, 4) is 0 Å². The Balaban J connectivity index is 2.18. The van der Waals surface area contributed by atoms with Gasteiger partial charge in [0.05, 0.1) is 6.61 Å². The summed E-state index contributed by atoms with van der Waals surface area (Å²) in [6.45, 7) is 7.83. The maximum absolute atomic E-state index is 9.36. The lowest BCUT2D eigenvalue weighted by molar-refractivity contribution is 0.283. The Kier molecular flexibility index (Phi) is 3.71. The lowest BCUT2D eigenvalue weighted by Gasteiger charge is -2.17. The van der Waals surface area contributed by atoms with Gasteiger partial charge in [-0.05, 0) is 30.4 Å². The number of aliphatic hydroxyl groups is 1. The monoisotopic (exact) mass is 246 g/mol. The van der Waals surface area contributed by atoms with E-state index in [1.54, 1.807) is 0 Å². The van der Waals surface area contributed by atoms with Crippen molar-refractivity contribution in [3.63, 3.8) is 0 Å². The van der Waals surface area contributed by atoms with Crippen LogP contribution in [0.2, 0.25) is 0 Å². The van der Waals surface area contributed by atoms with Gasteiger partial charge >= 0.3 is 0 Å². The van der Waals surface area contributed by atoms with Gasteiger partial charge in [-0.3, -0.25) is 0 Å². The van der Waals surface area contributed by atoms with Gasteiger partial charge in [0.2, 0.25) is 0 Å². The molecule has 0 unspecified atom stereocenters. The molecule has 0 saturated heterocycles. The van der Waals surface area contributed by atoms with Crippen molar-refractivity contribution >= 4 is 11.0 Å². The Hall–Kier alpha value is -1.35. The van der Waals surface area contributed by atoms with Gasteiger partial charge in [-0.15, -0.1) is 0 Å². The van der Waals surface area contributed by atoms with E-state index in [4.69, 9.17) is 0 Å². The van der Waals surface area contributed by atoms with Crippen LogP contribution in [-0.4, -0.2) is 14.7 Å². The smallest absolute Gasteiger partial charge is 0.140 e. The van der Waals surface area contributed by atoms with Crippen molar-refractivity contribution in [2.75, 3.05) is 0 Å². The normalized spacial score (nSPS) is 12.2. The average molecular weight is 246 g/mol. The molecule has 0 bridgehead atoms. The third-order valence-corrected chi connectivity index (χ3v) is 3.21. The number of aromatic nitrogens is 2. The molecule has 0 atom stereocenters. The molecular weight excluding hydrogens is 224 g/mol. The van der Waals surface area contributed by atoms with Crippen molar-refractivity contribution in [1.29, 1.82) is 0 Å². The van der Waals surface area contributed by atoms with Gasteiger partial charge < -0.3 is 9.67 Å². The van der Waals surface area contributed by atoms with Crippen LogP contribution in [0, 0.1) is 5.41 Å². The number of aliphatic hydroxyl groups excluding tert-OH is 1. The predicted octanol–water partition coefficient (Wildman–Crippen LogP) is 3.35. The number of hydrogen-bond acceptors (Lipinski definition) is 2. The molecule has 0 saturated carbocycles. The Bertz CT molecular complexity index is 523. The number of aryl methyl sites for hydroxylation is 1. The first-order valence-corrected chi connectivity index (χ1v) is 6.55. The van der Waals surface area contributed by atoms with Gasteiger partial charge in [-0.1, -0.05) is 20.8 Å². The van der Waals surface area contributed by atoms with Gasteiger partial charge in [-0.25, -0.2) is 4.98 Å². The Morgan fingerprint density at radius 1 is 1.33 bits per heavy atom. The molecule has 2 rings (SSSR count). The van der Waals surface area contributed by atoms with Gasteiger partial charge in [-0.2, -0.15) is 0 Å². The molecule has 18 heavy (non-hydrogen) atoms. The van der Waals surface area contributed by atoms with Crippen LogP contribution in [0.5, 0.6) is 0 Å². The van der Waals surface area contributed by atoms with E-state index in [1.165, 1.54) is 6.42 Å². The largest absolute Gasteiger partial charge is 0.392 e. The number of nitrogens with zero attached hydrogens (tertiary/aromatic N) is 2. The summed E-state index contributed by atoms with van der Waals surface area (Å²) in [5.74, 6) is 0. The molecule has 2 aromatic heterocycles. The standard InChI is InChI=1S/C15H22N2O/c1-15(2,3)7-5-9-17-10-12(11-18)13-6-4-8-16-14(13)17/h4,6,8,10,18H,5,7,9,11H2,1-3H3. The summed E-state index contributed by atoms with van der Waals surface area (Å²) in [5.41, 5.74) is 2.32. The maximum Gasteiger partial charge on any atom is 0.140 e. The minimum absolute atomic E-state index is 0.0778. The van der Waals surface area contributed by atoms with Crippen LogP contribution in [0.1, 0.15) is 39.2 Å². The van der Waals surface area contributed by atoms with E-state index in [-0.39, 0.29) is 6.61 Å². The molecule has 0 fully saturated rings. The van der Waals surface area contributed by atoms with Crippen LogP contribution in [-0.2, 0) is 13.2 Å². The average Bonchev–Trinajstić information content (AvgIpc) is 2.66. The Morgan fingerprint density at radius 3 is 2.78 bits per heavy atom. The van der Waals surface area contributed by atoms with Crippen LogP contribution in [0.4, 0.5) is 0 Å². The topological polar surface area (TPSA) is 38.0 Å². The lowest BCUT2D eigenvalue weighted by Crippen LogP contribution is -2.07. The van der Waals surface area contributed by atoms with Crippen LogP contribution >= 0.6 is 0 Å². The molecule has 0 radical (unpaired) electrons. The van der Waals surface area contributed by atoms with E-state index in [1.807, 2.05) is 24.5 Å². The summed E-state index contributed by atoms with van der Waals surface area (Å²) in [4.78, 5) is 4.42. The highest BCUT2D eigenvalue weighted by Gasteiger charge is 2.11. The first-order chi connectivity index (χ1) is 8.51. The quantitative estimate of drug-likeness (QED) is 0.898. The molecule has 0 amide bonds. The van der Waals surface area contributed by atoms with Gasteiger partial charge in [0.15, 0.2) is 0 Å². The van der Waals surface area contributed by atoms with Crippen molar-refractivity contribution in [1.82, 2.24) is 9.55 Å². The molecule has 3 nitrogen and oxygen atoms in total. The number of rotatable bonds is 4. The number of fused-ring (bicyclic) bond motifs is 1. The van der Waals surface area contributed by atoms with E-state index in [9.17, 15) is 5.11 Å². The summed E-state index contributed by atoms with van der Waals surface area (Å²) >= 11 is 0. The maximum atomic E-state index is 9.36. The lowest BCUT2D eigenvalue weighted by atomic mass is 9.91. The fraction of sp³-hybridized carbons (Fsp3) is 0.533. The zero-order valence-corrected chi connectivity index (χ0v) is 11.5. The highest BCUT2D eigenvalue weighted by atomic mass is 16.3. The van der Waals surface area contributed by atoms with E-state index in [0.717, 1.165) is 29.6 Å². The second-order valence-corrected chi connectivity index (χ2v) is 6.04. The fourth-order valence-corrected chi connectivity index (χ4v) is 2.27. The zero-order valence-electron chi connectivity index (χ0n) is 11.5. The second-order valence-electron chi connectivity index (χ2n) is 6.04. The third-order valence-electron chi connectivity index (χ3n) is 3.21. The molecule has 0 aliphatic carbocycles. The van der Waals surface area contributed by atoms with Crippen molar-refractivity contribution in [3.05, 3.63) is 30.1 Å². The molecule has 1 N–H and O–H groups in total. The minimum Gasteiger partial charge on any atom is -0.392 e. The fourth-order valence-electron chi connectivity index (χ4n) is 2.27. The zero-order chi connectivity index (χ0) is 13.2. The van der Waals surface area contributed by atoms with E-state index in [0.29, 0.717) is 5.41 Å². The van der Waals surface area contributed by atoms with Gasteiger partial charge in [0.25, 0.3) is 0 Å². The van der Waals surface area contributed by atoms with E-state index < -0.39 is 0 Å². The van der Waals surface area contributed by atoms with Gasteiger partial charge in [0, 0.05) is 29.9 Å². The van der Waals surface area contributed by atoms with Crippen LogP contribution in [0.15, 0.2) is 24.5 Å². The summed E-state index contributed by atoms with van der Waals surface area (Å²) < 4.78 is 2.16. The molecule has 0 aromatic carbocycles. The van der Waals surface area contributed by atoms with Crippen LogP contribution in [0.3, 0.4) is 0 Å². The van der Waals surface area contributed by atoms with E-state index >= 15 is 0 Å². The molecule has 98 valence electrons. The van der Waals surface area contributed by atoms with Crippen molar-refractivity contribution in [2.45, 2.75) is 46.8 Å². The van der Waals surface area contributed by atoms with Crippen LogP contribution < -0.4 is 0 Å². The SMILES string of the molecule is CC(C)(C)CCCn1cc(CO)c2cccnc21. The molecule has 0 aliphatic rings. The Labute approximate surface area is 108 Å². The molecule has 2 heterocycles. The summed E-state index contributed by atoms with van der Waals surface area (Å²) in [7, 11) is 0. The predicted molar refractivity (Wildman–Crippen MR) is 74.3 cm³/mol. The number of pyridine rings is 1. The highest BCUT2D eigenvalue weighted by molar-refractivity contribution is 5.80. The molecular formula is C15H22N2O. The molecule has 3 heteroatoms. The number of hydrogen-bond donors (Lipinski definition) is 1. The summed E-state index contributed by atoms with van der Waals surface area (Å²) in [5, 5.41) is 10.4.